The number of aromatic nitrogens is 3. The van der Waals surface area contributed by atoms with Crippen LogP contribution in [0.25, 0.3) is 6.08 Å². The number of rotatable bonds is 5. The first kappa shape index (κ1) is 18.3. The van der Waals surface area contributed by atoms with Gasteiger partial charge in [0.2, 0.25) is 0 Å². The van der Waals surface area contributed by atoms with E-state index in [4.69, 9.17) is 0 Å². The van der Waals surface area contributed by atoms with Crippen molar-refractivity contribution in [3.8, 4) is 0 Å². The fourth-order valence-electron chi connectivity index (χ4n) is 2.78. The number of aromatic amines is 1. The van der Waals surface area contributed by atoms with Gasteiger partial charge in [-0.2, -0.15) is 12.6 Å². The summed E-state index contributed by atoms with van der Waals surface area (Å²) in [4.78, 5) is 0. The Morgan fingerprint density at radius 2 is 1.69 bits per heavy atom. The van der Waals surface area contributed by atoms with Gasteiger partial charge in [-0.15, -0.1) is 5.10 Å². The van der Waals surface area contributed by atoms with E-state index in [1.807, 2.05) is 0 Å². The number of hydrogen-bond donors (Lipinski definition) is 3. The Morgan fingerprint density at radius 1 is 1.12 bits per heavy atom. The van der Waals surface area contributed by atoms with Crippen molar-refractivity contribution in [2.24, 2.45) is 0 Å². The predicted molar refractivity (Wildman–Crippen MR) is 98.5 cm³/mol. The van der Waals surface area contributed by atoms with E-state index in [0.29, 0.717) is 22.4 Å². The van der Waals surface area contributed by atoms with Crippen molar-refractivity contribution >= 4 is 18.7 Å². The average Bonchev–Trinajstić information content (AvgIpc) is 3.17. The van der Waals surface area contributed by atoms with Crippen LogP contribution in [0.15, 0.2) is 60.3 Å². The molecule has 3 rings (SSSR count). The largest absolute Gasteiger partial charge is 0.379 e. The number of H-pyrrole nitrogens is 1. The summed E-state index contributed by atoms with van der Waals surface area (Å²) in [6.45, 7) is 1.73. The van der Waals surface area contributed by atoms with Crippen LogP contribution in [0.1, 0.15) is 29.0 Å². The topological polar surface area (TPSA) is 61.8 Å². The van der Waals surface area contributed by atoms with Gasteiger partial charge in [-0.05, 0) is 47.9 Å². The van der Waals surface area contributed by atoms with Gasteiger partial charge in [-0.25, -0.2) is 8.78 Å². The van der Waals surface area contributed by atoms with E-state index in [1.54, 1.807) is 25.1 Å². The van der Waals surface area contributed by atoms with E-state index in [1.165, 1.54) is 42.6 Å². The number of thiol groups is 1. The van der Waals surface area contributed by atoms with Crippen LogP contribution in [0.3, 0.4) is 0 Å². The third-order valence-corrected chi connectivity index (χ3v) is 4.89. The van der Waals surface area contributed by atoms with Gasteiger partial charge in [0, 0.05) is 6.20 Å². The molecule has 0 radical (unpaired) electrons. The van der Waals surface area contributed by atoms with Crippen molar-refractivity contribution in [3.05, 3.63) is 88.8 Å². The minimum atomic E-state index is -1.58. The Kier molecular flexibility index (Phi) is 5.20. The van der Waals surface area contributed by atoms with Crippen molar-refractivity contribution in [1.82, 2.24) is 15.4 Å². The number of nitrogens with zero attached hydrogens (tertiary/aromatic N) is 2. The van der Waals surface area contributed by atoms with Crippen LogP contribution in [-0.2, 0) is 5.60 Å². The summed E-state index contributed by atoms with van der Waals surface area (Å²) < 4.78 is 26.5. The SMILES string of the molecule is CC(=Cc1ccc(F)cc1)C(O)(c1ccc(F)cc1)C(S)c1c[nH]nn1. The normalized spacial score (nSPS) is 15.5. The summed E-state index contributed by atoms with van der Waals surface area (Å²) in [7, 11) is 0. The molecule has 134 valence electrons. The molecule has 0 aliphatic rings. The van der Waals surface area contributed by atoms with Crippen molar-refractivity contribution < 1.29 is 13.9 Å². The van der Waals surface area contributed by atoms with Gasteiger partial charge >= 0.3 is 0 Å². The molecule has 4 nitrogen and oxygen atoms in total. The Bertz CT molecular complexity index is 896. The summed E-state index contributed by atoms with van der Waals surface area (Å²) in [6, 6.07) is 11.4. The molecule has 0 amide bonds. The van der Waals surface area contributed by atoms with Gasteiger partial charge in [0.25, 0.3) is 0 Å². The minimum Gasteiger partial charge on any atom is -0.379 e. The number of halogens is 2. The molecule has 0 aliphatic heterocycles. The number of hydrogen-bond acceptors (Lipinski definition) is 4. The lowest BCUT2D eigenvalue weighted by molar-refractivity contribution is 0.0737. The first-order chi connectivity index (χ1) is 12.4. The molecule has 3 aromatic rings. The fourth-order valence-corrected chi connectivity index (χ4v) is 3.26. The predicted octanol–water partition coefficient (Wildman–Crippen LogP) is 4.05. The number of aliphatic hydroxyl groups is 1. The molecule has 1 heterocycles. The van der Waals surface area contributed by atoms with E-state index < -0.39 is 16.7 Å². The van der Waals surface area contributed by atoms with Crippen LogP contribution in [0.2, 0.25) is 0 Å². The molecule has 2 atom stereocenters. The average molecular weight is 373 g/mol. The maximum Gasteiger partial charge on any atom is 0.128 e. The van der Waals surface area contributed by atoms with E-state index in [0.717, 1.165) is 0 Å². The second-order valence-electron chi connectivity index (χ2n) is 5.95. The lowest BCUT2D eigenvalue weighted by Gasteiger charge is -2.34. The quantitative estimate of drug-likeness (QED) is 0.592. The summed E-state index contributed by atoms with van der Waals surface area (Å²) in [5.41, 5.74) is 0.566. The Labute approximate surface area is 155 Å². The zero-order chi connectivity index (χ0) is 18.7. The van der Waals surface area contributed by atoms with Gasteiger partial charge in [-0.3, -0.25) is 5.10 Å². The fraction of sp³-hybridized carbons (Fsp3) is 0.158. The van der Waals surface area contributed by atoms with Crippen molar-refractivity contribution in [2.45, 2.75) is 17.8 Å². The molecule has 2 N–H and O–H groups in total. The van der Waals surface area contributed by atoms with Crippen LogP contribution in [0.4, 0.5) is 8.78 Å². The molecule has 0 aliphatic carbocycles. The summed E-state index contributed by atoms with van der Waals surface area (Å²) in [6.07, 6.45) is 3.27. The zero-order valence-corrected chi connectivity index (χ0v) is 14.8. The molecule has 2 aromatic carbocycles. The molecule has 0 saturated heterocycles. The van der Waals surface area contributed by atoms with Gasteiger partial charge in [-0.1, -0.05) is 35.6 Å². The van der Waals surface area contributed by atoms with Gasteiger partial charge in [0.05, 0.1) is 10.9 Å². The maximum absolute atomic E-state index is 13.4. The monoisotopic (exact) mass is 373 g/mol. The van der Waals surface area contributed by atoms with E-state index >= 15 is 0 Å². The van der Waals surface area contributed by atoms with Crippen LogP contribution in [-0.4, -0.2) is 20.5 Å². The number of benzene rings is 2. The molecule has 0 saturated carbocycles. The van der Waals surface area contributed by atoms with Gasteiger partial charge in [0.1, 0.15) is 17.2 Å². The zero-order valence-electron chi connectivity index (χ0n) is 13.9. The lowest BCUT2D eigenvalue weighted by Crippen LogP contribution is -2.32. The Hall–Kier alpha value is -2.51. The Balaban J connectivity index is 2.10. The van der Waals surface area contributed by atoms with Crippen LogP contribution >= 0.6 is 12.6 Å². The van der Waals surface area contributed by atoms with Gasteiger partial charge in [0.15, 0.2) is 0 Å². The molecule has 2 unspecified atom stereocenters. The van der Waals surface area contributed by atoms with Crippen molar-refractivity contribution in [1.29, 1.82) is 0 Å². The summed E-state index contributed by atoms with van der Waals surface area (Å²) in [5.74, 6) is -0.753. The molecule has 0 fully saturated rings. The smallest absolute Gasteiger partial charge is 0.128 e. The highest BCUT2D eigenvalue weighted by atomic mass is 32.1. The third-order valence-electron chi connectivity index (χ3n) is 4.25. The highest BCUT2D eigenvalue weighted by molar-refractivity contribution is 7.80. The molecule has 26 heavy (non-hydrogen) atoms. The standard InChI is InChI=1S/C19H17F2N3OS/c1-12(10-13-2-6-15(20)7-3-13)19(25,14-4-8-16(21)9-5-14)18(26)17-11-22-24-23-17/h2-11,18,25-26H,1H3,(H,22,23,24). The molecule has 1 aromatic heterocycles. The first-order valence-corrected chi connectivity index (χ1v) is 8.40. The van der Waals surface area contributed by atoms with Crippen molar-refractivity contribution in [2.75, 3.05) is 0 Å². The first-order valence-electron chi connectivity index (χ1n) is 7.88. The number of nitrogens with one attached hydrogen (secondary N) is 1. The van der Waals surface area contributed by atoms with Crippen molar-refractivity contribution in [3.63, 3.8) is 0 Å². The molecule has 7 heteroatoms. The summed E-state index contributed by atoms with van der Waals surface area (Å²) >= 11 is 4.56. The molecule has 0 bridgehead atoms. The van der Waals surface area contributed by atoms with Gasteiger partial charge < -0.3 is 5.11 Å². The minimum absolute atomic E-state index is 0.344. The lowest BCUT2D eigenvalue weighted by atomic mass is 9.81. The second kappa shape index (κ2) is 7.39. The highest BCUT2D eigenvalue weighted by Gasteiger charge is 2.40. The maximum atomic E-state index is 13.4. The Morgan fingerprint density at radius 3 is 2.23 bits per heavy atom. The molecular formula is C19H17F2N3OS. The van der Waals surface area contributed by atoms with Crippen LogP contribution in [0.5, 0.6) is 0 Å². The van der Waals surface area contributed by atoms with Crippen LogP contribution < -0.4 is 0 Å². The second-order valence-corrected chi connectivity index (χ2v) is 6.47. The third kappa shape index (κ3) is 3.54. The van der Waals surface area contributed by atoms with E-state index in [-0.39, 0.29) is 5.82 Å². The van der Waals surface area contributed by atoms with E-state index in [2.05, 4.69) is 28.0 Å². The molecular weight excluding hydrogens is 356 g/mol. The summed E-state index contributed by atoms with van der Waals surface area (Å²) in [5, 5.41) is 21.0. The highest BCUT2D eigenvalue weighted by Crippen LogP contribution is 2.44. The van der Waals surface area contributed by atoms with Crippen LogP contribution in [0, 0.1) is 11.6 Å². The molecule has 0 spiro atoms. The van der Waals surface area contributed by atoms with E-state index in [9.17, 15) is 13.9 Å².